The van der Waals surface area contributed by atoms with Crippen LogP contribution in [0.3, 0.4) is 0 Å². The number of nitrogens with zero attached hydrogens (tertiary/aromatic N) is 2. The molecule has 1 N–H and O–H groups in total. The Morgan fingerprint density at radius 1 is 1.48 bits per heavy atom. The van der Waals surface area contributed by atoms with Gasteiger partial charge in [-0.05, 0) is 30.9 Å². The van der Waals surface area contributed by atoms with E-state index in [-0.39, 0.29) is 18.4 Å². The molecule has 2 unspecified atom stereocenters. The molecule has 3 saturated heterocycles. The second kappa shape index (κ2) is 5.51. The van der Waals surface area contributed by atoms with E-state index in [0.29, 0.717) is 18.1 Å². The zero-order valence-corrected chi connectivity index (χ0v) is 13.1. The SMILES string of the molecule is CC1CCCN(C(=O)CN2C(=O)NC3(CCSC3)C2=O)C1. The summed E-state index contributed by atoms with van der Waals surface area (Å²) in [7, 11) is 0. The third-order valence-electron chi connectivity index (χ3n) is 4.57. The molecule has 0 saturated carbocycles. The summed E-state index contributed by atoms with van der Waals surface area (Å²) in [5.74, 6) is 1.63. The Hall–Kier alpha value is -1.24. The molecule has 0 radical (unpaired) electrons. The second-order valence-corrected chi connectivity index (χ2v) is 7.40. The molecule has 0 aliphatic carbocycles. The first-order chi connectivity index (χ1) is 10.0. The summed E-state index contributed by atoms with van der Waals surface area (Å²) >= 11 is 1.67. The molecule has 3 aliphatic rings. The molecule has 116 valence electrons. The van der Waals surface area contributed by atoms with Gasteiger partial charge in [-0.25, -0.2) is 4.79 Å². The number of thioether (sulfide) groups is 1. The Kier molecular flexibility index (Phi) is 3.86. The van der Waals surface area contributed by atoms with Crippen molar-refractivity contribution in [1.82, 2.24) is 15.1 Å². The first-order valence-corrected chi connectivity index (χ1v) is 8.67. The van der Waals surface area contributed by atoms with Gasteiger partial charge in [0.25, 0.3) is 5.91 Å². The van der Waals surface area contributed by atoms with E-state index in [1.54, 1.807) is 16.7 Å². The van der Waals surface area contributed by atoms with Gasteiger partial charge in [-0.15, -0.1) is 0 Å². The molecule has 6 nitrogen and oxygen atoms in total. The van der Waals surface area contributed by atoms with Gasteiger partial charge in [-0.3, -0.25) is 14.5 Å². The number of hydrogen-bond donors (Lipinski definition) is 1. The Morgan fingerprint density at radius 2 is 2.29 bits per heavy atom. The number of imide groups is 1. The van der Waals surface area contributed by atoms with Crippen LogP contribution in [-0.2, 0) is 9.59 Å². The van der Waals surface area contributed by atoms with Crippen molar-refractivity contribution in [1.29, 1.82) is 0 Å². The van der Waals surface area contributed by atoms with Crippen molar-refractivity contribution in [2.24, 2.45) is 5.92 Å². The van der Waals surface area contributed by atoms with Gasteiger partial charge in [-0.2, -0.15) is 11.8 Å². The highest BCUT2D eigenvalue weighted by Crippen LogP contribution is 2.33. The Bertz CT molecular complexity index is 476. The summed E-state index contributed by atoms with van der Waals surface area (Å²) in [5, 5.41) is 2.79. The third kappa shape index (κ3) is 2.63. The third-order valence-corrected chi connectivity index (χ3v) is 5.76. The van der Waals surface area contributed by atoms with Gasteiger partial charge in [-0.1, -0.05) is 6.92 Å². The van der Waals surface area contributed by atoms with Crippen LogP contribution in [-0.4, -0.2) is 64.3 Å². The number of amides is 4. The fraction of sp³-hybridized carbons (Fsp3) is 0.786. The van der Waals surface area contributed by atoms with E-state index in [0.717, 1.165) is 36.6 Å². The summed E-state index contributed by atoms with van der Waals surface area (Å²) in [5.41, 5.74) is -0.753. The maximum absolute atomic E-state index is 12.5. The van der Waals surface area contributed by atoms with Crippen molar-refractivity contribution in [2.45, 2.75) is 31.7 Å². The number of piperidine rings is 1. The highest BCUT2D eigenvalue weighted by Gasteiger charge is 2.53. The van der Waals surface area contributed by atoms with Crippen molar-refractivity contribution in [3.8, 4) is 0 Å². The van der Waals surface area contributed by atoms with Gasteiger partial charge in [0.05, 0.1) is 0 Å². The number of carbonyl (C=O) groups is 3. The fourth-order valence-electron chi connectivity index (χ4n) is 3.30. The molecule has 3 aliphatic heterocycles. The van der Waals surface area contributed by atoms with Crippen LogP contribution < -0.4 is 5.32 Å². The van der Waals surface area contributed by atoms with Crippen LogP contribution in [0.15, 0.2) is 0 Å². The smallest absolute Gasteiger partial charge is 0.325 e. The summed E-state index contributed by atoms with van der Waals surface area (Å²) in [4.78, 5) is 39.7. The summed E-state index contributed by atoms with van der Waals surface area (Å²) < 4.78 is 0. The summed E-state index contributed by atoms with van der Waals surface area (Å²) in [6, 6.07) is -0.416. The molecule has 3 heterocycles. The number of nitrogens with one attached hydrogen (secondary N) is 1. The first-order valence-electron chi connectivity index (χ1n) is 7.51. The van der Waals surface area contributed by atoms with E-state index in [2.05, 4.69) is 12.2 Å². The molecular formula is C14H21N3O3S. The minimum absolute atomic E-state index is 0.118. The minimum atomic E-state index is -0.753. The lowest BCUT2D eigenvalue weighted by molar-refractivity contribution is -0.139. The van der Waals surface area contributed by atoms with Crippen LogP contribution in [0.4, 0.5) is 4.79 Å². The molecule has 21 heavy (non-hydrogen) atoms. The van der Waals surface area contributed by atoms with E-state index >= 15 is 0 Å². The lowest BCUT2D eigenvalue weighted by Gasteiger charge is -2.31. The molecule has 0 aromatic rings. The number of hydrogen-bond acceptors (Lipinski definition) is 4. The first kappa shape index (κ1) is 14.7. The maximum Gasteiger partial charge on any atom is 0.325 e. The van der Waals surface area contributed by atoms with Crippen LogP contribution in [0, 0.1) is 5.92 Å². The second-order valence-electron chi connectivity index (χ2n) is 6.29. The molecule has 0 aromatic heterocycles. The normalized spacial score (nSPS) is 32.9. The van der Waals surface area contributed by atoms with Crippen LogP contribution in [0.5, 0.6) is 0 Å². The molecule has 0 bridgehead atoms. The van der Waals surface area contributed by atoms with E-state index in [4.69, 9.17) is 0 Å². The Labute approximate surface area is 128 Å². The average molecular weight is 311 g/mol. The molecule has 0 aromatic carbocycles. The van der Waals surface area contributed by atoms with E-state index < -0.39 is 11.6 Å². The van der Waals surface area contributed by atoms with Crippen LogP contribution in [0.2, 0.25) is 0 Å². The number of likely N-dealkylation sites (tertiary alicyclic amines) is 1. The lowest BCUT2D eigenvalue weighted by Crippen LogP contribution is -2.49. The molecule has 4 amide bonds. The van der Waals surface area contributed by atoms with Crippen molar-refractivity contribution in [3.05, 3.63) is 0 Å². The van der Waals surface area contributed by atoms with Gasteiger partial charge in [0.2, 0.25) is 5.91 Å². The van der Waals surface area contributed by atoms with Gasteiger partial charge >= 0.3 is 6.03 Å². The summed E-state index contributed by atoms with van der Waals surface area (Å²) in [6.45, 7) is 3.46. The molecule has 7 heteroatoms. The van der Waals surface area contributed by atoms with Crippen molar-refractivity contribution >= 4 is 29.6 Å². The van der Waals surface area contributed by atoms with Crippen molar-refractivity contribution in [2.75, 3.05) is 31.1 Å². The average Bonchev–Trinajstić information content (AvgIpc) is 3.00. The minimum Gasteiger partial charge on any atom is -0.341 e. The molecule has 3 rings (SSSR count). The van der Waals surface area contributed by atoms with Gasteiger partial charge < -0.3 is 10.2 Å². The van der Waals surface area contributed by atoms with Crippen LogP contribution in [0.25, 0.3) is 0 Å². The Balaban J connectivity index is 1.65. The van der Waals surface area contributed by atoms with E-state index in [9.17, 15) is 14.4 Å². The molecule has 1 spiro atoms. The van der Waals surface area contributed by atoms with Crippen molar-refractivity contribution < 1.29 is 14.4 Å². The fourth-order valence-corrected chi connectivity index (χ4v) is 4.63. The highest BCUT2D eigenvalue weighted by atomic mass is 32.2. The number of carbonyl (C=O) groups excluding carboxylic acids is 3. The molecule has 3 fully saturated rings. The molecular weight excluding hydrogens is 290 g/mol. The van der Waals surface area contributed by atoms with Gasteiger partial charge in [0, 0.05) is 18.8 Å². The maximum atomic E-state index is 12.5. The lowest BCUT2D eigenvalue weighted by atomic mass is 9.99. The van der Waals surface area contributed by atoms with Crippen molar-refractivity contribution in [3.63, 3.8) is 0 Å². The monoisotopic (exact) mass is 311 g/mol. The quantitative estimate of drug-likeness (QED) is 0.761. The summed E-state index contributed by atoms with van der Waals surface area (Å²) in [6.07, 6.45) is 2.79. The number of urea groups is 1. The van der Waals surface area contributed by atoms with Crippen LogP contribution in [0.1, 0.15) is 26.2 Å². The largest absolute Gasteiger partial charge is 0.341 e. The zero-order valence-electron chi connectivity index (χ0n) is 12.3. The van der Waals surface area contributed by atoms with E-state index in [1.807, 2.05) is 0 Å². The standard InChI is InChI=1S/C14H21N3O3S/c1-10-3-2-5-16(7-10)11(18)8-17-12(19)14(15-13(17)20)4-6-21-9-14/h10H,2-9H2,1H3,(H,15,20). The van der Waals surface area contributed by atoms with Crippen LogP contribution >= 0.6 is 11.8 Å². The van der Waals surface area contributed by atoms with Gasteiger partial charge in [0.15, 0.2) is 0 Å². The zero-order chi connectivity index (χ0) is 15.0. The topological polar surface area (TPSA) is 69.7 Å². The van der Waals surface area contributed by atoms with Gasteiger partial charge in [0.1, 0.15) is 12.1 Å². The Morgan fingerprint density at radius 3 is 2.95 bits per heavy atom. The molecule has 2 atom stereocenters. The number of rotatable bonds is 2. The predicted octanol–water partition coefficient (Wildman–Crippen LogP) is 0.672. The van der Waals surface area contributed by atoms with E-state index in [1.165, 1.54) is 0 Å². The highest BCUT2D eigenvalue weighted by molar-refractivity contribution is 7.99. The predicted molar refractivity (Wildman–Crippen MR) is 79.9 cm³/mol.